The van der Waals surface area contributed by atoms with Crippen molar-refractivity contribution >= 4 is 37.4 Å². The molecule has 3 nitrogen and oxygen atoms in total. The molecule has 252 valence electrons. The van der Waals surface area contributed by atoms with Crippen molar-refractivity contribution in [2.24, 2.45) is 0 Å². The van der Waals surface area contributed by atoms with Crippen LogP contribution < -0.4 is 0 Å². The van der Waals surface area contributed by atoms with Gasteiger partial charge in [-0.3, -0.25) is 0 Å². The largest absolute Gasteiger partial charge is 0.269 e. The summed E-state index contributed by atoms with van der Waals surface area (Å²) in [4.78, 5) is 0.353. The zero-order chi connectivity index (χ0) is 35.3. The summed E-state index contributed by atoms with van der Waals surface area (Å²) in [5, 5.41) is 1.95. The van der Waals surface area contributed by atoms with E-state index in [1.54, 1.807) is 10.0 Å². The van der Waals surface area contributed by atoms with E-state index in [9.17, 15) is 8.42 Å². The quantitative estimate of drug-likeness (QED) is 0.181. The van der Waals surface area contributed by atoms with E-state index in [-0.39, 0.29) is 16.7 Å². The van der Waals surface area contributed by atoms with Crippen LogP contribution >= 0.6 is 0 Å². The molecule has 0 saturated carbocycles. The summed E-state index contributed by atoms with van der Waals surface area (Å²) >= 11 is 0. The van der Waals surface area contributed by atoms with Crippen LogP contribution in [0.4, 0.5) is 0 Å². The van der Waals surface area contributed by atoms with Gasteiger partial charge < -0.3 is 0 Å². The van der Waals surface area contributed by atoms with E-state index in [0.717, 1.165) is 50.5 Å². The monoisotopic (exact) mass is 691 g/mol. The average molecular weight is 692 g/mol. The fourth-order valence-electron chi connectivity index (χ4n) is 10.0. The molecule has 2 heterocycles. The summed E-state index contributed by atoms with van der Waals surface area (Å²) in [6.07, 6.45) is 5.79. The molecule has 3 aliphatic carbocycles. The van der Waals surface area contributed by atoms with Crippen molar-refractivity contribution in [3.05, 3.63) is 167 Å². The van der Waals surface area contributed by atoms with Gasteiger partial charge in [0.15, 0.2) is 0 Å². The molecule has 4 heteroatoms. The lowest BCUT2D eigenvalue weighted by molar-refractivity contribution is 0.590. The van der Waals surface area contributed by atoms with Crippen LogP contribution in [-0.2, 0) is 20.9 Å². The molecule has 1 aliphatic heterocycles. The number of aromatic nitrogens is 1. The number of hydrogen-bond donors (Lipinski definition) is 0. The third-order valence-electron chi connectivity index (χ3n) is 12.7. The lowest BCUT2D eigenvalue weighted by atomic mass is 9.77. The fraction of sp³-hybridized carbons (Fsp3) is 0.167. The Morgan fingerprint density at radius 2 is 1.29 bits per heavy atom. The lowest BCUT2D eigenvalue weighted by Gasteiger charge is -2.27. The first kappa shape index (κ1) is 30.2. The molecule has 0 bridgehead atoms. The second-order valence-electron chi connectivity index (χ2n) is 16.1. The van der Waals surface area contributed by atoms with Gasteiger partial charge in [0.25, 0.3) is 10.0 Å². The van der Waals surface area contributed by atoms with E-state index in [1.165, 1.54) is 50.1 Å². The highest BCUT2D eigenvalue weighted by Gasteiger charge is 2.40. The number of nitrogens with zero attached hydrogens (tertiary/aromatic N) is 1. The van der Waals surface area contributed by atoms with Crippen LogP contribution in [0, 0.1) is 0 Å². The zero-order valence-corrected chi connectivity index (χ0v) is 30.5. The van der Waals surface area contributed by atoms with Gasteiger partial charge in [-0.25, -0.2) is 12.4 Å². The summed E-state index contributed by atoms with van der Waals surface area (Å²) in [7, 11) is -3.82. The maximum Gasteiger partial charge on any atom is 0.269 e. The minimum Gasteiger partial charge on any atom is -0.233 e. The number of hydrogen-bond acceptors (Lipinski definition) is 2. The summed E-state index contributed by atoms with van der Waals surface area (Å²) in [5.74, 6) is 0.192. The molecule has 0 fully saturated rings. The van der Waals surface area contributed by atoms with Crippen LogP contribution in [0.15, 0.2) is 144 Å². The number of benzene rings is 6. The molecule has 0 radical (unpaired) electrons. The first-order valence-corrected chi connectivity index (χ1v) is 19.7. The van der Waals surface area contributed by atoms with Crippen LogP contribution in [0.5, 0.6) is 0 Å². The van der Waals surface area contributed by atoms with Crippen molar-refractivity contribution in [2.45, 2.75) is 55.8 Å². The predicted molar refractivity (Wildman–Crippen MR) is 213 cm³/mol. The Bertz CT molecular complexity index is 2950. The summed E-state index contributed by atoms with van der Waals surface area (Å²) in [6, 6.07) is 42.8. The Hall–Kier alpha value is -5.45. The standard InChI is InChI=1S/C48H37NO2S/c1-47(2)40-14-8-5-11-32(40)34-20-17-29(26-42(34)47)28-19-22-44-37(23-28)39-25-31(24-38-36-13-7-10-16-45(36)52(50,51)49(44)46(38)39)30-18-21-35-33-12-6-9-15-41(33)48(3,4)43(35)27-30/h5-16,18-27,29H,17H2,1-4H3. The summed E-state index contributed by atoms with van der Waals surface area (Å²) in [5.41, 5.74) is 17.2. The Balaban J connectivity index is 1.13. The van der Waals surface area contributed by atoms with Gasteiger partial charge in [-0.15, -0.1) is 0 Å². The van der Waals surface area contributed by atoms with E-state index < -0.39 is 10.0 Å². The van der Waals surface area contributed by atoms with E-state index in [1.807, 2.05) is 24.3 Å². The summed E-state index contributed by atoms with van der Waals surface area (Å²) < 4.78 is 30.5. The molecular formula is C48H37NO2S. The Morgan fingerprint density at radius 3 is 2.10 bits per heavy atom. The molecule has 1 atom stereocenters. The molecule has 1 aromatic heterocycles. The molecule has 4 aliphatic rings. The Morgan fingerprint density at radius 1 is 0.596 bits per heavy atom. The fourth-order valence-corrected chi connectivity index (χ4v) is 11.8. The van der Waals surface area contributed by atoms with Crippen LogP contribution in [0.1, 0.15) is 67.9 Å². The first-order chi connectivity index (χ1) is 25.0. The third-order valence-corrected chi connectivity index (χ3v) is 14.5. The highest BCUT2D eigenvalue weighted by molar-refractivity contribution is 7.90. The maximum absolute atomic E-state index is 14.5. The van der Waals surface area contributed by atoms with Gasteiger partial charge in [0.2, 0.25) is 0 Å². The highest BCUT2D eigenvalue weighted by Crippen LogP contribution is 2.54. The van der Waals surface area contributed by atoms with Gasteiger partial charge in [-0.1, -0.05) is 125 Å². The van der Waals surface area contributed by atoms with Crippen LogP contribution in [0.25, 0.3) is 60.8 Å². The Labute approximate surface area is 304 Å². The van der Waals surface area contributed by atoms with Gasteiger partial charge in [0.1, 0.15) is 0 Å². The topological polar surface area (TPSA) is 39.1 Å². The van der Waals surface area contributed by atoms with E-state index >= 15 is 0 Å². The van der Waals surface area contributed by atoms with Crippen molar-refractivity contribution in [1.29, 1.82) is 0 Å². The van der Waals surface area contributed by atoms with Crippen molar-refractivity contribution < 1.29 is 8.42 Å². The third kappa shape index (κ3) is 3.73. The van der Waals surface area contributed by atoms with E-state index in [2.05, 4.69) is 131 Å². The minimum atomic E-state index is -3.82. The molecule has 0 saturated heterocycles. The number of rotatable bonds is 2. The van der Waals surface area contributed by atoms with Gasteiger partial charge >= 0.3 is 0 Å². The van der Waals surface area contributed by atoms with Gasteiger partial charge in [0, 0.05) is 38.6 Å². The van der Waals surface area contributed by atoms with E-state index in [0.29, 0.717) is 4.90 Å². The van der Waals surface area contributed by atoms with Crippen molar-refractivity contribution in [3.8, 4) is 33.4 Å². The number of allylic oxidation sites excluding steroid dienone is 4. The number of fused-ring (bicyclic) bond motifs is 11. The van der Waals surface area contributed by atoms with Crippen molar-refractivity contribution in [2.75, 3.05) is 0 Å². The van der Waals surface area contributed by atoms with Crippen LogP contribution in [0.3, 0.4) is 0 Å². The molecule has 0 spiro atoms. The molecule has 6 aromatic carbocycles. The van der Waals surface area contributed by atoms with Gasteiger partial charge in [-0.05, 0) is 104 Å². The molecule has 52 heavy (non-hydrogen) atoms. The minimum absolute atomic E-state index is 0.0740. The van der Waals surface area contributed by atoms with Crippen LogP contribution in [-0.4, -0.2) is 12.4 Å². The molecule has 0 amide bonds. The van der Waals surface area contributed by atoms with Crippen molar-refractivity contribution in [1.82, 2.24) is 3.97 Å². The zero-order valence-electron chi connectivity index (χ0n) is 29.7. The normalized spacial score (nSPS) is 19.3. The van der Waals surface area contributed by atoms with Crippen molar-refractivity contribution in [3.63, 3.8) is 0 Å². The predicted octanol–water partition coefficient (Wildman–Crippen LogP) is 11.8. The Kier molecular flexibility index (Phi) is 5.75. The molecule has 0 N–H and O–H groups in total. The second kappa shape index (κ2) is 9.90. The SMILES string of the molecule is CC1(C)C2=CC(c3ccc4c(c3)c3cc(-c5ccc6c(c5)C(C)(C)c5ccccc5-6)cc5c3n4S(=O)(=O)c3ccccc3-5)CC=C2c2ccccc21. The van der Waals surface area contributed by atoms with E-state index in [4.69, 9.17) is 0 Å². The summed E-state index contributed by atoms with van der Waals surface area (Å²) in [6.45, 7) is 9.29. The van der Waals surface area contributed by atoms with Gasteiger partial charge in [0.05, 0.1) is 15.9 Å². The molecule has 1 unspecified atom stereocenters. The molecule has 11 rings (SSSR count). The second-order valence-corrected chi connectivity index (χ2v) is 17.9. The highest BCUT2D eigenvalue weighted by atomic mass is 32.2. The smallest absolute Gasteiger partial charge is 0.233 e. The maximum atomic E-state index is 14.5. The van der Waals surface area contributed by atoms with Gasteiger partial charge in [-0.2, -0.15) is 0 Å². The lowest BCUT2D eigenvalue weighted by Crippen LogP contribution is -2.18. The van der Waals surface area contributed by atoms with Crippen LogP contribution in [0.2, 0.25) is 0 Å². The molecular weight excluding hydrogens is 655 g/mol. The molecule has 7 aromatic rings. The average Bonchev–Trinajstić information content (AvgIpc) is 3.71. The first-order valence-electron chi connectivity index (χ1n) is 18.3.